The van der Waals surface area contributed by atoms with Gasteiger partial charge in [-0.15, -0.1) is 0 Å². The lowest BCUT2D eigenvalue weighted by molar-refractivity contribution is -0.113. The Hall–Kier alpha value is -3.01. The Morgan fingerprint density at radius 1 is 1.28 bits per heavy atom. The number of aromatic nitrogens is 4. The number of nitrogens with zero attached hydrogens (tertiary/aromatic N) is 6. The molecule has 0 saturated carbocycles. The van der Waals surface area contributed by atoms with E-state index in [-0.39, 0.29) is 30.5 Å². The van der Waals surface area contributed by atoms with E-state index in [2.05, 4.69) is 20.8 Å². The van der Waals surface area contributed by atoms with Gasteiger partial charge in [-0.1, -0.05) is 5.10 Å². The molecule has 154 valence electrons. The van der Waals surface area contributed by atoms with Crippen LogP contribution in [-0.4, -0.2) is 58.5 Å². The first-order valence-electron chi connectivity index (χ1n) is 9.54. The van der Waals surface area contributed by atoms with E-state index in [9.17, 15) is 9.18 Å². The lowest BCUT2D eigenvalue weighted by Crippen LogP contribution is -2.45. The zero-order valence-corrected chi connectivity index (χ0v) is 16.9. The third-order valence-electron chi connectivity index (χ3n) is 5.30. The summed E-state index contributed by atoms with van der Waals surface area (Å²) in [5.74, 6) is -0.113. The second-order valence-corrected chi connectivity index (χ2v) is 7.54. The zero-order valence-electron chi connectivity index (χ0n) is 16.9. The molecule has 1 aromatic heterocycles. The normalized spacial score (nSPS) is 22.0. The van der Waals surface area contributed by atoms with Gasteiger partial charge >= 0.3 is 0 Å². The highest BCUT2D eigenvalue weighted by Crippen LogP contribution is 2.28. The van der Waals surface area contributed by atoms with Crippen molar-refractivity contribution in [1.82, 2.24) is 20.2 Å². The number of fused-ring (bicyclic) bond motifs is 1. The lowest BCUT2D eigenvalue weighted by Gasteiger charge is -2.37. The zero-order chi connectivity index (χ0) is 20.7. The molecule has 1 N–H and O–H groups in total. The predicted octanol–water partition coefficient (Wildman–Crippen LogP) is 1.79. The van der Waals surface area contributed by atoms with Gasteiger partial charge in [0.05, 0.1) is 30.0 Å². The van der Waals surface area contributed by atoms with Gasteiger partial charge in [0.2, 0.25) is 5.95 Å². The number of hydrogen-bond donors (Lipinski definition) is 1. The Bertz CT molecular complexity index is 963. The summed E-state index contributed by atoms with van der Waals surface area (Å²) in [6.07, 6.45) is 0.0683. The molecule has 2 aliphatic rings. The number of amides is 1. The number of morpholine rings is 1. The maximum atomic E-state index is 14.8. The minimum Gasteiger partial charge on any atom is -0.372 e. The number of halogens is 1. The Labute approximate surface area is 168 Å². The highest BCUT2D eigenvalue weighted by molar-refractivity contribution is 6.04. The first kappa shape index (κ1) is 19.3. The molecule has 2 aliphatic heterocycles. The van der Waals surface area contributed by atoms with Gasteiger partial charge in [0, 0.05) is 31.5 Å². The standard InChI is InChI=1S/C19H24FN7O2/c1-11-8-26(9-12(2)29-11)17-6-5-14(7-16(17)20)21-18(28)15-10-27-19(22-23-24-27)25(4)13(15)3/h5-7,11-12H,8-10H2,1-4H3,(H,21,28)/t11-,12-/m1/s1. The van der Waals surface area contributed by atoms with E-state index < -0.39 is 0 Å². The Balaban J connectivity index is 1.51. The second-order valence-electron chi connectivity index (χ2n) is 7.54. The maximum absolute atomic E-state index is 14.8. The highest BCUT2D eigenvalue weighted by atomic mass is 19.1. The number of tetrazole rings is 1. The molecule has 1 amide bonds. The molecule has 2 atom stereocenters. The summed E-state index contributed by atoms with van der Waals surface area (Å²) in [6, 6.07) is 4.76. The van der Waals surface area contributed by atoms with Gasteiger partial charge < -0.3 is 19.9 Å². The van der Waals surface area contributed by atoms with Gasteiger partial charge in [-0.05, 0) is 49.4 Å². The third-order valence-corrected chi connectivity index (χ3v) is 5.30. The minimum absolute atomic E-state index is 0.0342. The number of rotatable bonds is 3. The fraction of sp³-hybridized carbons (Fsp3) is 0.474. The fourth-order valence-corrected chi connectivity index (χ4v) is 3.82. The Morgan fingerprint density at radius 3 is 2.69 bits per heavy atom. The van der Waals surface area contributed by atoms with E-state index in [4.69, 9.17) is 4.74 Å². The van der Waals surface area contributed by atoms with Crippen molar-refractivity contribution in [2.24, 2.45) is 0 Å². The van der Waals surface area contributed by atoms with Crippen molar-refractivity contribution in [2.75, 3.05) is 35.3 Å². The molecule has 1 fully saturated rings. The molecule has 1 saturated heterocycles. The third kappa shape index (κ3) is 3.67. The summed E-state index contributed by atoms with van der Waals surface area (Å²) in [5.41, 5.74) is 2.18. The smallest absolute Gasteiger partial charge is 0.255 e. The average Bonchev–Trinajstić information content (AvgIpc) is 3.12. The molecule has 9 nitrogen and oxygen atoms in total. The number of benzene rings is 1. The number of ether oxygens (including phenoxy) is 1. The summed E-state index contributed by atoms with van der Waals surface area (Å²) in [5, 5.41) is 14.3. The van der Waals surface area contributed by atoms with Crippen molar-refractivity contribution >= 4 is 23.2 Å². The molecule has 10 heteroatoms. The van der Waals surface area contributed by atoms with Crippen LogP contribution in [0.3, 0.4) is 0 Å². The van der Waals surface area contributed by atoms with E-state index in [1.54, 1.807) is 28.8 Å². The minimum atomic E-state index is -0.377. The van der Waals surface area contributed by atoms with Gasteiger partial charge in [-0.25, -0.2) is 9.07 Å². The van der Waals surface area contributed by atoms with Gasteiger partial charge in [-0.3, -0.25) is 4.79 Å². The van der Waals surface area contributed by atoms with Crippen LogP contribution in [0.2, 0.25) is 0 Å². The molecule has 29 heavy (non-hydrogen) atoms. The topological polar surface area (TPSA) is 88.4 Å². The number of allylic oxidation sites excluding steroid dienone is 1. The van der Waals surface area contributed by atoms with Crippen molar-refractivity contribution in [3.05, 3.63) is 35.3 Å². The first-order valence-corrected chi connectivity index (χ1v) is 9.54. The molecule has 0 bridgehead atoms. The van der Waals surface area contributed by atoms with Gasteiger partial charge in [0.15, 0.2) is 0 Å². The van der Waals surface area contributed by atoms with Crippen molar-refractivity contribution in [3.8, 4) is 0 Å². The van der Waals surface area contributed by atoms with Crippen molar-refractivity contribution < 1.29 is 13.9 Å². The average molecular weight is 401 g/mol. The number of carbonyl (C=O) groups is 1. The molecular formula is C19H24FN7O2. The SMILES string of the molecule is CC1=C(C(=O)Nc2ccc(N3C[C@@H](C)O[C@H](C)C3)c(F)c2)Cn2nnnc2N1C. The van der Waals surface area contributed by atoms with Crippen LogP contribution in [-0.2, 0) is 16.1 Å². The van der Waals surface area contributed by atoms with Crippen LogP contribution in [0.15, 0.2) is 29.5 Å². The van der Waals surface area contributed by atoms with Crippen LogP contribution in [0.4, 0.5) is 21.7 Å². The monoisotopic (exact) mass is 401 g/mol. The second kappa shape index (κ2) is 7.43. The van der Waals surface area contributed by atoms with E-state index in [1.165, 1.54) is 6.07 Å². The predicted molar refractivity (Wildman–Crippen MR) is 106 cm³/mol. The number of nitrogens with one attached hydrogen (secondary N) is 1. The van der Waals surface area contributed by atoms with Crippen LogP contribution in [0.1, 0.15) is 20.8 Å². The van der Waals surface area contributed by atoms with Crippen LogP contribution in [0.5, 0.6) is 0 Å². The van der Waals surface area contributed by atoms with Crippen LogP contribution >= 0.6 is 0 Å². The van der Waals surface area contributed by atoms with E-state index in [0.717, 1.165) is 5.70 Å². The molecule has 0 unspecified atom stereocenters. The number of carbonyl (C=O) groups excluding carboxylic acids is 1. The van der Waals surface area contributed by atoms with Crippen LogP contribution in [0, 0.1) is 5.82 Å². The number of hydrogen-bond acceptors (Lipinski definition) is 7. The van der Waals surface area contributed by atoms with E-state index >= 15 is 0 Å². The molecular weight excluding hydrogens is 377 g/mol. The molecule has 1 aromatic carbocycles. The maximum Gasteiger partial charge on any atom is 0.255 e. The Morgan fingerprint density at radius 2 is 2.00 bits per heavy atom. The molecule has 4 rings (SSSR count). The van der Waals surface area contributed by atoms with E-state index in [0.29, 0.717) is 36.0 Å². The van der Waals surface area contributed by atoms with Crippen LogP contribution < -0.4 is 15.1 Å². The first-order chi connectivity index (χ1) is 13.8. The van der Waals surface area contributed by atoms with Crippen molar-refractivity contribution in [2.45, 2.75) is 39.5 Å². The summed E-state index contributed by atoms with van der Waals surface area (Å²) in [7, 11) is 1.79. The Kier molecular flexibility index (Phi) is 4.95. The summed E-state index contributed by atoms with van der Waals surface area (Å²) in [4.78, 5) is 16.5. The summed E-state index contributed by atoms with van der Waals surface area (Å²) < 4.78 is 22.1. The lowest BCUT2D eigenvalue weighted by atomic mass is 10.1. The van der Waals surface area contributed by atoms with Gasteiger partial charge in [-0.2, -0.15) is 0 Å². The van der Waals surface area contributed by atoms with Crippen LogP contribution in [0.25, 0.3) is 0 Å². The van der Waals surface area contributed by atoms with Crippen molar-refractivity contribution in [1.29, 1.82) is 0 Å². The summed E-state index contributed by atoms with van der Waals surface area (Å²) in [6.45, 7) is 7.29. The largest absolute Gasteiger partial charge is 0.372 e. The van der Waals surface area contributed by atoms with E-state index in [1.807, 2.05) is 25.7 Å². The van der Waals surface area contributed by atoms with Gasteiger partial charge in [0.1, 0.15) is 5.82 Å². The fourth-order valence-electron chi connectivity index (χ4n) is 3.82. The quantitative estimate of drug-likeness (QED) is 0.839. The summed E-state index contributed by atoms with van der Waals surface area (Å²) >= 11 is 0. The molecule has 3 heterocycles. The molecule has 0 aliphatic carbocycles. The van der Waals surface area contributed by atoms with Gasteiger partial charge in [0.25, 0.3) is 5.91 Å². The highest BCUT2D eigenvalue weighted by Gasteiger charge is 2.27. The molecule has 0 spiro atoms. The molecule has 2 aromatic rings. The van der Waals surface area contributed by atoms with Crippen molar-refractivity contribution in [3.63, 3.8) is 0 Å². The molecule has 0 radical (unpaired) electrons. The number of anilines is 3.